The zero-order valence-corrected chi connectivity index (χ0v) is 18.7. The monoisotopic (exact) mass is 462 g/mol. The van der Waals surface area contributed by atoms with Gasteiger partial charge in [-0.05, 0) is 60.9 Å². The van der Waals surface area contributed by atoms with Gasteiger partial charge in [-0.25, -0.2) is 4.39 Å². The molecule has 0 unspecified atom stereocenters. The Kier molecular flexibility index (Phi) is 6.15. The molecule has 3 aromatic carbocycles. The Hall–Kier alpha value is -3.16. The van der Waals surface area contributed by atoms with Gasteiger partial charge < -0.3 is 15.0 Å². The fourth-order valence-electron chi connectivity index (χ4n) is 4.15. The predicted octanol–water partition coefficient (Wildman–Crippen LogP) is 5.05. The molecule has 7 heteroatoms. The summed E-state index contributed by atoms with van der Waals surface area (Å²) in [5, 5.41) is 2.94. The summed E-state index contributed by atoms with van der Waals surface area (Å²) in [7, 11) is 0. The molecule has 0 aromatic heterocycles. The Morgan fingerprint density at radius 1 is 1.09 bits per heavy atom. The van der Waals surface area contributed by atoms with E-state index in [4.69, 9.17) is 4.74 Å². The summed E-state index contributed by atoms with van der Waals surface area (Å²) in [5.74, 6) is -0.747. The first-order chi connectivity index (χ1) is 16.1. The van der Waals surface area contributed by atoms with Crippen LogP contribution in [0.5, 0.6) is 0 Å². The molecule has 5 rings (SSSR count). The summed E-state index contributed by atoms with van der Waals surface area (Å²) in [6.07, 6.45) is 2.00. The average Bonchev–Trinajstić information content (AvgIpc) is 3.31. The molecule has 3 aromatic rings. The van der Waals surface area contributed by atoms with Gasteiger partial charge in [0.2, 0.25) is 0 Å². The normalized spacial score (nSPS) is 17.3. The minimum Gasteiger partial charge on any atom is -0.376 e. The molecule has 168 valence electrons. The summed E-state index contributed by atoms with van der Waals surface area (Å²) < 4.78 is 19.4. The van der Waals surface area contributed by atoms with E-state index in [-0.39, 0.29) is 30.3 Å². The lowest BCUT2D eigenvalue weighted by Gasteiger charge is -2.24. The summed E-state index contributed by atoms with van der Waals surface area (Å²) in [6.45, 7) is 1.38. The van der Waals surface area contributed by atoms with Crippen molar-refractivity contribution in [2.75, 3.05) is 18.1 Å². The zero-order chi connectivity index (χ0) is 22.8. The van der Waals surface area contributed by atoms with Gasteiger partial charge in [0, 0.05) is 28.5 Å². The van der Waals surface area contributed by atoms with Gasteiger partial charge in [0.05, 0.1) is 23.9 Å². The minimum atomic E-state index is -0.355. The van der Waals surface area contributed by atoms with Crippen LogP contribution in [0.25, 0.3) is 0 Å². The predicted molar refractivity (Wildman–Crippen MR) is 125 cm³/mol. The van der Waals surface area contributed by atoms with Crippen LogP contribution in [0.3, 0.4) is 0 Å². The number of rotatable bonds is 5. The molecular formula is C26H23FN2O3S. The van der Waals surface area contributed by atoms with E-state index in [9.17, 15) is 14.0 Å². The van der Waals surface area contributed by atoms with E-state index in [2.05, 4.69) is 5.32 Å². The van der Waals surface area contributed by atoms with Crippen molar-refractivity contribution in [1.29, 1.82) is 0 Å². The molecule has 0 aliphatic carbocycles. The summed E-state index contributed by atoms with van der Waals surface area (Å²) >= 11 is 1.49. The number of carbonyl (C=O) groups is 2. The molecule has 1 saturated heterocycles. The molecule has 33 heavy (non-hydrogen) atoms. The van der Waals surface area contributed by atoms with E-state index >= 15 is 0 Å². The van der Waals surface area contributed by atoms with Crippen LogP contribution in [-0.4, -0.2) is 31.1 Å². The van der Waals surface area contributed by atoms with Gasteiger partial charge in [-0.15, -0.1) is 0 Å². The third-order valence-electron chi connectivity index (χ3n) is 5.84. The van der Waals surface area contributed by atoms with Crippen LogP contribution in [-0.2, 0) is 11.3 Å². The van der Waals surface area contributed by atoms with Gasteiger partial charge in [-0.1, -0.05) is 36.0 Å². The number of amides is 2. The second kappa shape index (κ2) is 9.37. The first-order valence-electron chi connectivity index (χ1n) is 11.0. The molecule has 0 radical (unpaired) electrons. The number of nitrogens with zero attached hydrogens (tertiary/aromatic N) is 1. The molecule has 2 aliphatic rings. The molecule has 2 heterocycles. The third kappa shape index (κ3) is 4.65. The number of anilines is 1. The lowest BCUT2D eigenvalue weighted by Crippen LogP contribution is -2.33. The fraction of sp³-hybridized carbons (Fsp3) is 0.231. The fourth-order valence-corrected chi connectivity index (χ4v) is 5.21. The van der Waals surface area contributed by atoms with Crippen molar-refractivity contribution >= 4 is 29.3 Å². The number of benzene rings is 3. The largest absolute Gasteiger partial charge is 0.376 e. The van der Waals surface area contributed by atoms with Gasteiger partial charge in [0.1, 0.15) is 5.82 Å². The number of hydrogen-bond acceptors (Lipinski definition) is 4. The maximum atomic E-state index is 13.8. The quantitative estimate of drug-likeness (QED) is 0.577. The lowest BCUT2D eigenvalue weighted by molar-refractivity contribution is 0.0857. The SMILES string of the molecule is O=C(NC[C@H]1CCCO1)c1ccc2c(c1)N(Cc1cccc(F)c1)C(=O)c1ccccc1S2. The number of ether oxygens (including phenoxy) is 1. The number of fused-ring (bicyclic) bond motifs is 2. The van der Waals surface area contributed by atoms with Crippen LogP contribution < -0.4 is 10.2 Å². The van der Waals surface area contributed by atoms with Crippen LogP contribution in [0, 0.1) is 5.82 Å². The van der Waals surface area contributed by atoms with E-state index < -0.39 is 0 Å². The smallest absolute Gasteiger partial charge is 0.259 e. The first kappa shape index (κ1) is 21.7. The minimum absolute atomic E-state index is 0.0471. The zero-order valence-electron chi connectivity index (χ0n) is 17.9. The summed E-state index contributed by atoms with van der Waals surface area (Å²) in [4.78, 5) is 29.8. The van der Waals surface area contributed by atoms with Gasteiger partial charge in [0.25, 0.3) is 11.8 Å². The Morgan fingerprint density at radius 2 is 1.97 bits per heavy atom. The Balaban J connectivity index is 1.49. The van der Waals surface area contributed by atoms with E-state index in [0.29, 0.717) is 28.9 Å². The van der Waals surface area contributed by atoms with Crippen molar-refractivity contribution in [3.8, 4) is 0 Å². The highest BCUT2D eigenvalue weighted by atomic mass is 32.2. The number of halogens is 1. The molecule has 2 aliphatic heterocycles. The van der Waals surface area contributed by atoms with E-state index in [0.717, 1.165) is 29.2 Å². The maximum Gasteiger partial charge on any atom is 0.259 e. The maximum absolute atomic E-state index is 13.8. The van der Waals surface area contributed by atoms with Crippen LogP contribution in [0.1, 0.15) is 39.1 Å². The van der Waals surface area contributed by atoms with Gasteiger partial charge in [0.15, 0.2) is 0 Å². The van der Waals surface area contributed by atoms with Crippen molar-refractivity contribution < 1.29 is 18.7 Å². The Morgan fingerprint density at radius 3 is 2.79 bits per heavy atom. The van der Waals surface area contributed by atoms with Crippen LogP contribution >= 0.6 is 11.8 Å². The number of hydrogen-bond donors (Lipinski definition) is 1. The molecule has 0 bridgehead atoms. The average molecular weight is 463 g/mol. The van der Waals surface area contributed by atoms with Crippen LogP contribution in [0.15, 0.2) is 76.5 Å². The molecule has 5 nitrogen and oxygen atoms in total. The van der Waals surface area contributed by atoms with E-state index in [1.165, 1.54) is 23.9 Å². The summed E-state index contributed by atoms with van der Waals surface area (Å²) in [6, 6.07) is 19.0. The second-order valence-corrected chi connectivity index (χ2v) is 9.23. The molecule has 0 spiro atoms. The first-order valence-corrected chi connectivity index (χ1v) is 11.8. The summed E-state index contributed by atoms with van der Waals surface area (Å²) in [5.41, 5.74) is 2.36. The number of nitrogens with one attached hydrogen (secondary N) is 1. The highest BCUT2D eigenvalue weighted by Crippen LogP contribution is 2.42. The van der Waals surface area contributed by atoms with Crippen molar-refractivity contribution in [3.05, 3.63) is 89.2 Å². The molecule has 1 fully saturated rings. The third-order valence-corrected chi connectivity index (χ3v) is 6.98. The topological polar surface area (TPSA) is 58.6 Å². The Labute approximate surface area is 195 Å². The Bertz CT molecular complexity index is 1210. The lowest BCUT2D eigenvalue weighted by atomic mass is 10.1. The van der Waals surface area contributed by atoms with Gasteiger partial charge >= 0.3 is 0 Å². The van der Waals surface area contributed by atoms with E-state index in [1.807, 2.05) is 24.3 Å². The van der Waals surface area contributed by atoms with Crippen molar-refractivity contribution in [3.63, 3.8) is 0 Å². The molecule has 2 amide bonds. The van der Waals surface area contributed by atoms with Gasteiger partial charge in [-0.2, -0.15) is 0 Å². The molecular weight excluding hydrogens is 439 g/mol. The molecule has 1 N–H and O–H groups in total. The highest BCUT2D eigenvalue weighted by molar-refractivity contribution is 7.99. The van der Waals surface area contributed by atoms with Crippen molar-refractivity contribution in [2.45, 2.75) is 35.3 Å². The van der Waals surface area contributed by atoms with Crippen LogP contribution in [0.4, 0.5) is 10.1 Å². The molecule has 1 atom stereocenters. The van der Waals surface area contributed by atoms with Crippen molar-refractivity contribution in [1.82, 2.24) is 5.32 Å². The van der Waals surface area contributed by atoms with E-state index in [1.54, 1.807) is 35.2 Å². The standard InChI is InChI=1S/C26H23FN2O3S/c27-19-6-3-5-17(13-19)16-29-22-14-18(25(30)28-15-20-7-4-12-32-20)10-11-24(22)33-23-9-2-1-8-21(23)26(29)31/h1-3,5-6,8-11,13-14,20H,4,7,12,15-16H2,(H,28,30)/t20-/m1/s1. The van der Waals surface area contributed by atoms with Crippen molar-refractivity contribution in [2.24, 2.45) is 0 Å². The second-order valence-electron chi connectivity index (χ2n) is 8.15. The molecule has 0 saturated carbocycles. The van der Waals surface area contributed by atoms with Crippen LogP contribution in [0.2, 0.25) is 0 Å². The highest BCUT2D eigenvalue weighted by Gasteiger charge is 2.28. The van der Waals surface area contributed by atoms with Gasteiger partial charge in [-0.3, -0.25) is 9.59 Å². The number of carbonyl (C=O) groups excluding carboxylic acids is 2.